The summed E-state index contributed by atoms with van der Waals surface area (Å²) in [6.07, 6.45) is 0.701. The first kappa shape index (κ1) is 36.2. The molecule has 0 unspecified atom stereocenters. The van der Waals surface area contributed by atoms with Crippen LogP contribution in [0.4, 0.5) is 4.39 Å². The van der Waals surface area contributed by atoms with Crippen LogP contribution in [-0.4, -0.2) is 61.4 Å². The van der Waals surface area contributed by atoms with Crippen molar-refractivity contribution in [2.24, 2.45) is 5.92 Å². The van der Waals surface area contributed by atoms with E-state index in [1.807, 2.05) is 51.1 Å². The van der Waals surface area contributed by atoms with Gasteiger partial charge in [0, 0.05) is 47.4 Å². The molecule has 0 fully saturated rings. The van der Waals surface area contributed by atoms with Crippen LogP contribution in [0.2, 0.25) is 5.02 Å². The number of hydrogen-bond acceptors (Lipinski definition) is 5. The molecular formula is C35H43ClFN5O4. The van der Waals surface area contributed by atoms with Crippen molar-refractivity contribution in [3.8, 4) is 0 Å². The minimum absolute atomic E-state index is 0.101. The maximum atomic E-state index is 14.1. The fourth-order valence-electron chi connectivity index (χ4n) is 4.83. The predicted octanol–water partition coefficient (Wildman–Crippen LogP) is 4.05. The Kier molecular flexibility index (Phi) is 14.2. The molecule has 0 aliphatic heterocycles. The lowest BCUT2D eigenvalue weighted by molar-refractivity contribution is -0.130. The Hall–Kier alpha value is -4.28. The average Bonchev–Trinajstić information content (AvgIpc) is 3.03. The maximum absolute atomic E-state index is 14.1. The Labute approximate surface area is 275 Å². The fourth-order valence-corrected chi connectivity index (χ4v) is 5.08. The zero-order chi connectivity index (χ0) is 33.6. The molecule has 3 aromatic carbocycles. The average molecular weight is 652 g/mol. The number of carbonyl (C=O) groups is 4. The molecule has 11 heteroatoms. The Bertz CT molecular complexity index is 1470. The van der Waals surface area contributed by atoms with Crippen LogP contribution in [0.25, 0.3) is 0 Å². The van der Waals surface area contributed by atoms with Gasteiger partial charge in [-0.3, -0.25) is 19.2 Å². The largest absolute Gasteiger partial charge is 0.355 e. The number of carbonyl (C=O) groups excluding carboxylic acids is 4. The summed E-state index contributed by atoms with van der Waals surface area (Å²) < 4.78 is 14.1. The van der Waals surface area contributed by atoms with Gasteiger partial charge in [-0.25, -0.2) is 4.39 Å². The quantitative estimate of drug-likeness (QED) is 0.160. The molecule has 46 heavy (non-hydrogen) atoms. The number of halogens is 2. The van der Waals surface area contributed by atoms with Crippen molar-refractivity contribution in [2.45, 2.75) is 58.7 Å². The smallest absolute Gasteiger partial charge is 0.251 e. The van der Waals surface area contributed by atoms with Crippen molar-refractivity contribution in [1.29, 1.82) is 0 Å². The Balaban J connectivity index is 1.64. The van der Waals surface area contributed by atoms with Crippen molar-refractivity contribution >= 4 is 35.2 Å². The first-order valence-electron chi connectivity index (χ1n) is 15.5. The molecule has 5 N–H and O–H groups in total. The van der Waals surface area contributed by atoms with Gasteiger partial charge in [-0.1, -0.05) is 67.9 Å². The van der Waals surface area contributed by atoms with Gasteiger partial charge in [-0.2, -0.15) is 0 Å². The van der Waals surface area contributed by atoms with Crippen LogP contribution in [0, 0.1) is 11.7 Å². The van der Waals surface area contributed by atoms with Gasteiger partial charge in [-0.05, 0) is 68.5 Å². The summed E-state index contributed by atoms with van der Waals surface area (Å²) >= 11 is 6.08. The zero-order valence-electron chi connectivity index (χ0n) is 26.7. The predicted molar refractivity (Wildman–Crippen MR) is 178 cm³/mol. The second-order valence-electron chi connectivity index (χ2n) is 11.4. The van der Waals surface area contributed by atoms with E-state index < -0.39 is 29.8 Å². The van der Waals surface area contributed by atoms with Crippen LogP contribution in [0.15, 0.2) is 72.8 Å². The first-order chi connectivity index (χ1) is 22.0. The summed E-state index contributed by atoms with van der Waals surface area (Å²) in [6, 6.07) is 18.7. The molecule has 3 rings (SSSR count). The monoisotopic (exact) mass is 651 g/mol. The number of amides is 4. The molecule has 0 bridgehead atoms. The van der Waals surface area contributed by atoms with Crippen molar-refractivity contribution in [3.05, 3.63) is 106 Å². The van der Waals surface area contributed by atoms with E-state index in [9.17, 15) is 23.6 Å². The third kappa shape index (κ3) is 11.0. The summed E-state index contributed by atoms with van der Waals surface area (Å²) in [5.41, 5.74) is 1.88. The third-order valence-corrected chi connectivity index (χ3v) is 7.79. The van der Waals surface area contributed by atoms with E-state index in [2.05, 4.69) is 26.6 Å². The van der Waals surface area contributed by atoms with Crippen molar-refractivity contribution in [2.75, 3.05) is 19.6 Å². The summed E-state index contributed by atoms with van der Waals surface area (Å²) in [6.45, 7) is 8.14. The van der Waals surface area contributed by atoms with Crippen LogP contribution in [-0.2, 0) is 22.4 Å². The minimum Gasteiger partial charge on any atom is -0.355 e. The normalized spacial score (nSPS) is 12.9. The van der Waals surface area contributed by atoms with Crippen LogP contribution in [0.1, 0.15) is 59.5 Å². The van der Waals surface area contributed by atoms with Gasteiger partial charge in [-0.15, -0.1) is 0 Å². The molecular weight excluding hydrogens is 609 g/mol. The zero-order valence-corrected chi connectivity index (χ0v) is 27.4. The van der Waals surface area contributed by atoms with Crippen molar-refractivity contribution < 1.29 is 23.6 Å². The topological polar surface area (TPSA) is 128 Å². The number of nitrogens with one attached hydrogen (secondary N) is 5. The highest BCUT2D eigenvalue weighted by atomic mass is 35.5. The molecule has 0 heterocycles. The Morgan fingerprint density at radius 1 is 0.804 bits per heavy atom. The number of hydrogen-bond donors (Lipinski definition) is 5. The second-order valence-corrected chi connectivity index (χ2v) is 11.8. The molecule has 0 aliphatic rings. The molecule has 0 aliphatic carbocycles. The van der Waals surface area contributed by atoms with Crippen LogP contribution in [0.3, 0.4) is 0 Å². The third-order valence-electron chi connectivity index (χ3n) is 7.43. The lowest BCUT2D eigenvalue weighted by Gasteiger charge is -2.25. The van der Waals surface area contributed by atoms with E-state index in [0.717, 1.165) is 5.56 Å². The molecule has 246 valence electrons. The molecule has 9 nitrogen and oxygen atoms in total. The standard InChI is InChI=1S/C35H43ClFN5O4/c1-5-38-35(46)31(22(2)3)42-32(43)23(4)40-21-27(19-24-11-7-6-8-12-24)41-34(45)26-14-9-13-25(20-26)33(44)39-18-17-28-29(36)15-10-16-30(28)37/h6-16,20,22-23,27,31,40H,5,17-19,21H2,1-4H3,(H,38,46)(H,39,44)(H,41,45)(H,42,43)/t23-,27-,31-/m0/s1. The van der Waals surface area contributed by atoms with E-state index >= 15 is 0 Å². The van der Waals surface area contributed by atoms with Gasteiger partial charge in [0.05, 0.1) is 6.04 Å². The van der Waals surface area contributed by atoms with E-state index in [1.54, 1.807) is 31.2 Å². The lowest BCUT2D eigenvalue weighted by Crippen LogP contribution is -2.55. The summed E-state index contributed by atoms with van der Waals surface area (Å²) in [5, 5.41) is 14.8. The highest BCUT2D eigenvalue weighted by Gasteiger charge is 2.26. The van der Waals surface area contributed by atoms with E-state index in [-0.39, 0.29) is 54.3 Å². The molecule has 3 aromatic rings. The fraction of sp³-hybridized carbons (Fsp3) is 0.371. The molecule has 0 saturated carbocycles. The first-order valence-corrected chi connectivity index (χ1v) is 15.8. The number of benzene rings is 3. The van der Waals surface area contributed by atoms with Crippen LogP contribution < -0.4 is 26.6 Å². The van der Waals surface area contributed by atoms with Gasteiger partial charge in [0.15, 0.2) is 0 Å². The van der Waals surface area contributed by atoms with Gasteiger partial charge >= 0.3 is 0 Å². The van der Waals surface area contributed by atoms with E-state index in [4.69, 9.17) is 11.6 Å². The van der Waals surface area contributed by atoms with Crippen LogP contribution >= 0.6 is 11.6 Å². The van der Waals surface area contributed by atoms with E-state index in [1.165, 1.54) is 18.2 Å². The van der Waals surface area contributed by atoms with Gasteiger partial charge in [0.25, 0.3) is 11.8 Å². The van der Waals surface area contributed by atoms with Crippen LogP contribution in [0.5, 0.6) is 0 Å². The highest BCUT2D eigenvalue weighted by Crippen LogP contribution is 2.19. The number of likely N-dealkylation sites (N-methyl/N-ethyl adjacent to an activating group) is 1. The molecule has 0 radical (unpaired) electrons. The summed E-state index contributed by atoms with van der Waals surface area (Å²) in [5.74, 6) is -1.89. The van der Waals surface area contributed by atoms with Crippen molar-refractivity contribution in [3.63, 3.8) is 0 Å². The van der Waals surface area contributed by atoms with Gasteiger partial charge < -0.3 is 26.6 Å². The molecule has 0 spiro atoms. The second kappa shape index (κ2) is 18.0. The molecule has 0 aromatic heterocycles. The summed E-state index contributed by atoms with van der Waals surface area (Å²) in [7, 11) is 0. The lowest BCUT2D eigenvalue weighted by atomic mass is 10.0. The van der Waals surface area contributed by atoms with Gasteiger partial charge in [0.1, 0.15) is 11.9 Å². The Morgan fingerprint density at radius 2 is 1.48 bits per heavy atom. The number of rotatable bonds is 16. The van der Waals surface area contributed by atoms with Crippen molar-refractivity contribution in [1.82, 2.24) is 26.6 Å². The highest BCUT2D eigenvalue weighted by molar-refractivity contribution is 6.31. The minimum atomic E-state index is -0.668. The van der Waals surface area contributed by atoms with E-state index in [0.29, 0.717) is 23.6 Å². The van der Waals surface area contributed by atoms with Gasteiger partial charge in [0.2, 0.25) is 11.8 Å². The Morgan fingerprint density at radius 3 is 2.13 bits per heavy atom. The molecule has 4 amide bonds. The summed E-state index contributed by atoms with van der Waals surface area (Å²) in [4.78, 5) is 51.6. The molecule has 0 saturated heterocycles. The SMILES string of the molecule is CCNC(=O)[C@@H](NC(=O)[C@H](C)NC[C@H](Cc1ccccc1)NC(=O)c1cccc(C(=O)NCCc2c(F)cccc2Cl)c1)C(C)C. The maximum Gasteiger partial charge on any atom is 0.251 e. The molecule has 3 atom stereocenters.